The van der Waals surface area contributed by atoms with Crippen LogP contribution in [-0.2, 0) is 6.54 Å². The number of nitrogens with one attached hydrogen (secondary N) is 1. The van der Waals surface area contributed by atoms with Gasteiger partial charge in [-0.2, -0.15) is 5.26 Å². The van der Waals surface area contributed by atoms with Crippen LogP contribution in [0, 0.1) is 11.3 Å². The van der Waals surface area contributed by atoms with E-state index in [1.54, 1.807) is 0 Å². The Morgan fingerprint density at radius 2 is 1.37 bits per heavy atom. The molecule has 0 bridgehead atoms. The van der Waals surface area contributed by atoms with Crippen LogP contribution in [-0.4, -0.2) is 31.1 Å². The van der Waals surface area contributed by atoms with Crippen LogP contribution >= 0.6 is 0 Å². The highest BCUT2D eigenvalue weighted by molar-refractivity contribution is 5.64. The topological polar surface area (TPSA) is 39.1 Å². The lowest BCUT2D eigenvalue weighted by Crippen LogP contribution is -2.33. The van der Waals surface area contributed by atoms with Gasteiger partial charge >= 0.3 is 0 Å². The fraction of sp³-hybridized carbons (Fsp3) is 0.458. The van der Waals surface area contributed by atoms with E-state index in [-0.39, 0.29) is 0 Å². The van der Waals surface area contributed by atoms with Gasteiger partial charge in [-0.05, 0) is 54.8 Å². The lowest BCUT2D eigenvalue weighted by atomic mass is 10.0. The fourth-order valence-corrected chi connectivity index (χ4v) is 3.12. The average molecular weight is 364 g/mol. The van der Waals surface area contributed by atoms with E-state index in [1.165, 1.54) is 49.9 Å². The first-order valence-electron chi connectivity index (χ1n) is 10.3. The Balaban J connectivity index is 1.77. The molecule has 0 aliphatic heterocycles. The molecule has 1 N–H and O–H groups in total. The van der Waals surface area contributed by atoms with Gasteiger partial charge in [-0.1, -0.05) is 63.1 Å². The second kappa shape index (κ2) is 12.3. The van der Waals surface area contributed by atoms with Crippen LogP contribution < -0.4 is 5.32 Å². The first-order valence-corrected chi connectivity index (χ1v) is 10.3. The van der Waals surface area contributed by atoms with Crippen molar-refractivity contribution in [2.45, 2.75) is 46.1 Å². The van der Waals surface area contributed by atoms with E-state index in [2.05, 4.69) is 54.4 Å². The maximum absolute atomic E-state index is 8.90. The van der Waals surface area contributed by atoms with Crippen LogP contribution in [0.5, 0.6) is 0 Å². The van der Waals surface area contributed by atoms with Crippen molar-refractivity contribution in [1.29, 1.82) is 5.26 Å². The Labute approximate surface area is 165 Å². The van der Waals surface area contributed by atoms with Gasteiger partial charge in [0, 0.05) is 19.6 Å². The standard InChI is InChI=1S/C24H33N3/c1-3-5-16-27(17-6-4-2)18-15-26-20-22-9-13-24(14-10-22)23-11-7-21(19-25)8-12-23/h7-14,26H,3-6,15-18,20H2,1-2H3. The van der Waals surface area contributed by atoms with E-state index in [9.17, 15) is 0 Å². The predicted molar refractivity (Wildman–Crippen MR) is 115 cm³/mol. The molecule has 0 unspecified atom stereocenters. The van der Waals surface area contributed by atoms with Gasteiger partial charge in [0.25, 0.3) is 0 Å². The van der Waals surface area contributed by atoms with E-state index >= 15 is 0 Å². The summed E-state index contributed by atoms with van der Waals surface area (Å²) in [6.45, 7) is 10.0. The third-order valence-electron chi connectivity index (χ3n) is 4.89. The molecular formula is C24H33N3. The van der Waals surface area contributed by atoms with Crippen molar-refractivity contribution in [1.82, 2.24) is 10.2 Å². The van der Waals surface area contributed by atoms with E-state index in [4.69, 9.17) is 5.26 Å². The molecule has 3 heteroatoms. The van der Waals surface area contributed by atoms with Gasteiger partial charge in [0.15, 0.2) is 0 Å². The number of nitrogens with zero attached hydrogens (tertiary/aromatic N) is 2. The minimum absolute atomic E-state index is 0.700. The van der Waals surface area contributed by atoms with E-state index in [0.29, 0.717) is 5.56 Å². The van der Waals surface area contributed by atoms with Crippen molar-refractivity contribution in [2.75, 3.05) is 26.2 Å². The molecule has 0 fully saturated rings. The zero-order chi connectivity index (χ0) is 19.3. The van der Waals surface area contributed by atoms with Crippen LogP contribution in [0.2, 0.25) is 0 Å². The summed E-state index contributed by atoms with van der Waals surface area (Å²) in [5.41, 5.74) is 4.34. The van der Waals surface area contributed by atoms with Gasteiger partial charge in [-0.3, -0.25) is 0 Å². The van der Waals surface area contributed by atoms with Gasteiger partial charge in [0.1, 0.15) is 0 Å². The zero-order valence-corrected chi connectivity index (χ0v) is 16.9. The van der Waals surface area contributed by atoms with Crippen molar-refractivity contribution >= 4 is 0 Å². The zero-order valence-electron chi connectivity index (χ0n) is 16.9. The van der Waals surface area contributed by atoms with E-state index in [1.807, 2.05) is 24.3 Å². The summed E-state index contributed by atoms with van der Waals surface area (Å²) < 4.78 is 0. The van der Waals surface area contributed by atoms with Crippen LogP contribution in [0.1, 0.15) is 50.7 Å². The van der Waals surface area contributed by atoms with Gasteiger partial charge in [-0.25, -0.2) is 0 Å². The van der Waals surface area contributed by atoms with Crippen LogP contribution in [0.3, 0.4) is 0 Å². The highest BCUT2D eigenvalue weighted by Gasteiger charge is 2.04. The molecule has 3 nitrogen and oxygen atoms in total. The highest BCUT2D eigenvalue weighted by Crippen LogP contribution is 2.20. The summed E-state index contributed by atoms with van der Waals surface area (Å²) in [6, 6.07) is 18.6. The highest BCUT2D eigenvalue weighted by atomic mass is 15.1. The summed E-state index contributed by atoms with van der Waals surface area (Å²) in [7, 11) is 0. The third kappa shape index (κ3) is 7.54. The van der Waals surface area contributed by atoms with Crippen molar-refractivity contribution in [3.05, 3.63) is 59.7 Å². The first kappa shape index (κ1) is 21.2. The lowest BCUT2D eigenvalue weighted by molar-refractivity contribution is 0.264. The average Bonchev–Trinajstić information content (AvgIpc) is 2.73. The molecule has 0 atom stereocenters. The van der Waals surface area contributed by atoms with E-state index in [0.717, 1.165) is 25.2 Å². The molecule has 0 aliphatic carbocycles. The monoisotopic (exact) mass is 363 g/mol. The molecule has 0 aliphatic rings. The van der Waals surface area contributed by atoms with Gasteiger partial charge in [-0.15, -0.1) is 0 Å². The van der Waals surface area contributed by atoms with Crippen molar-refractivity contribution in [2.24, 2.45) is 0 Å². The molecule has 0 heterocycles. The van der Waals surface area contributed by atoms with Crippen LogP contribution in [0.15, 0.2) is 48.5 Å². The Morgan fingerprint density at radius 3 is 1.89 bits per heavy atom. The molecule has 0 amide bonds. The van der Waals surface area contributed by atoms with E-state index < -0.39 is 0 Å². The summed E-state index contributed by atoms with van der Waals surface area (Å²) in [6.07, 6.45) is 5.12. The summed E-state index contributed by atoms with van der Waals surface area (Å²) in [5.74, 6) is 0. The predicted octanol–water partition coefficient (Wildman–Crippen LogP) is 5.22. The second-order valence-electron chi connectivity index (χ2n) is 7.11. The molecule has 144 valence electrons. The number of unbranched alkanes of at least 4 members (excludes halogenated alkanes) is 2. The molecule has 2 aromatic carbocycles. The van der Waals surface area contributed by atoms with Gasteiger partial charge in [0.2, 0.25) is 0 Å². The normalized spacial score (nSPS) is 10.9. The molecule has 27 heavy (non-hydrogen) atoms. The van der Waals surface area contributed by atoms with Gasteiger partial charge < -0.3 is 10.2 Å². The molecule has 2 aromatic rings. The van der Waals surface area contributed by atoms with Crippen LogP contribution in [0.25, 0.3) is 11.1 Å². The van der Waals surface area contributed by atoms with Crippen molar-refractivity contribution < 1.29 is 0 Å². The first-order chi connectivity index (χ1) is 13.3. The maximum Gasteiger partial charge on any atom is 0.0991 e. The second-order valence-corrected chi connectivity index (χ2v) is 7.11. The maximum atomic E-state index is 8.90. The summed E-state index contributed by atoms with van der Waals surface area (Å²) in [4.78, 5) is 2.59. The molecule has 0 aromatic heterocycles. The number of hydrogen-bond donors (Lipinski definition) is 1. The fourth-order valence-electron chi connectivity index (χ4n) is 3.12. The minimum atomic E-state index is 0.700. The SMILES string of the molecule is CCCCN(CCCC)CCNCc1ccc(-c2ccc(C#N)cc2)cc1. The lowest BCUT2D eigenvalue weighted by Gasteiger charge is -2.22. The summed E-state index contributed by atoms with van der Waals surface area (Å²) >= 11 is 0. The van der Waals surface area contributed by atoms with Crippen molar-refractivity contribution in [3.8, 4) is 17.2 Å². The molecule has 0 spiro atoms. The molecule has 0 saturated heterocycles. The minimum Gasteiger partial charge on any atom is -0.311 e. The molecule has 0 radical (unpaired) electrons. The Morgan fingerprint density at radius 1 is 0.815 bits per heavy atom. The Kier molecular flexibility index (Phi) is 9.62. The largest absolute Gasteiger partial charge is 0.311 e. The number of rotatable bonds is 12. The van der Waals surface area contributed by atoms with Crippen molar-refractivity contribution in [3.63, 3.8) is 0 Å². The third-order valence-corrected chi connectivity index (χ3v) is 4.89. The smallest absolute Gasteiger partial charge is 0.0991 e. The molecular weight excluding hydrogens is 330 g/mol. The Hall–Kier alpha value is -2.15. The number of nitriles is 1. The number of benzene rings is 2. The van der Waals surface area contributed by atoms with Crippen LogP contribution in [0.4, 0.5) is 0 Å². The molecule has 0 saturated carbocycles. The molecule has 2 rings (SSSR count). The number of hydrogen-bond acceptors (Lipinski definition) is 3. The Bertz CT molecular complexity index is 675. The van der Waals surface area contributed by atoms with Gasteiger partial charge in [0.05, 0.1) is 11.6 Å². The summed E-state index contributed by atoms with van der Waals surface area (Å²) in [5, 5.41) is 12.5. The quantitative estimate of drug-likeness (QED) is 0.526.